The number of ether oxygens (including phenoxy) is 2. The molecule has 1 aromatic rings. The third-order valence-corrected chi connectivity index (χ3v) is 2.81. The zero-order chi connectivity index (χ0) is 14.1. The maximum absolute atomic E-state index is 9.74. The first kappa shape index (κ1) is 16.4. The minimum atomic E-state index is -0.529. The summed E-state index contributed by atoms with van der Waals surface area (Å²) in [7, 11) is 1.63. The molecule has 19 heavy (non-hydrogen) atoms. The monoisotopic (exact) mass is 287 g/mol. The van der Waals surface area contributed by atoms with Crippen LogP contribution in [0.1, 0.15) is 12.5 Å². The lowest BCUT2D eigenvalue weighted by Gasteiger charge is -2.16. The summed E-state index contributed by atoms with van der Waals surface area (Å²) in [6.45, 7) is 3.89. The number of hydrogen-bond acceptors (Lipinski definition) is 4. The normalized spacial score (nSPS) is 14.3. The first-order valence-electron chi connectivity index (χ1n) is 6.35. The molecule has 0 aliphatic rings. The Labute approximate surface area is 119 Å². The van der Waals surface area contributed by atoms with Crippen molar-refractivity contribution in [1.29, 1.82) is 0 Å². The first-order valence-corrected chi connectivity index (χ1v) is 6.73. The van der Waals surface area contributed by atoms with E-state index in [1.54, 1.807) is 7.11 Å². The molecular formula is C14H22ClNO3. The Kier molecular flexibility index (Phi) is 8.02. The van der Waals surface area contributed by atoms with Gasteiger partial charge in [0.1, 0.15) is 0 Å². The van der Waals surface area contributed by atoms with E-state index < -0.39 is 6.10 Å². The third-order valence-electron chi connectivity index (χ3n) is 2.57. The second-order valence-electron chi connectivity index (χ2n) is 4.51. The Hall–Kier alpha value is -0.650. The van der Waals surface area contributed by atoms with Gasteiger partial charge in [-0.15, -0.1) is 0 Å². The van der Waals surface area contributed by atoms with Crippen LogP contribution in [0.4, 0.5) is 0 Å². The first-order chi connectivity index (χ1) is 9.11. The molecule has 1 aromatic carbocycles. The van der Waals surface area contributed by atoms with Gasteiger partial charge in [-0.05, 0) is 24.6 Å². The summed E-state index contributed by atoms with van der Waals surface area (Å²) in [5.41, 5.74) is 1.09. The van der Waals surface area contributed by atoms with E-state index in [2.05, 4.69) is 5.32 Å². The van der Waals surface area contributed by atoms with Gasteiger partial charge in [-0.1, -0.05) is 23.7 Å². The number of benzene rings is 1. The highest BCUT2D eigenvalue weighted by molar-refractivity contribution is 6.30. The van der Waals surface area contributed by atoms with Crippen LogP contribution in [-0.2, 0) is 16.0 Å². The summed E-state index contributed by atoms with van der Waals surface area (Å²) in [5, 5.41) is 13.6. The summed E-state index contributed by atoms with van der Waals surface area (Å²) in [4.78, 5) is 0. The molecule has 0 aromatic heterocycles. The predicted molar refractivity (Wildman–Crippen MR) is 76.5 cm³/mol. The highest BCUT2D eigenvalue weighted by atomic mass is 35.5. The van der Waals surface area contributed by atoms with Crippen molar-refractivity contribution < 1.29 is 14.6 Å². The molecule has 0 fully saturated rings. The molecular weight excluding hydrogens is 266 g/mol. The van der Waals surface area contributed by atoms with Gasteiger partial charge in [0.2, 0.25) is 0 Å². The van der Waals surface area contributed by atoms with Crippen molar-refractivity contribution in [3.63, 3.8) is 0 Å². The summed E-state index contributed by atoms with van der Waals surface area (Å²) < 4.78 is 10.4. The molecule has 2 N–H and O–H groups in total. The van der Waals surface area contributed by atoms with Crippen LogP contribution in [0.15, 0.2) is 24.3 Å². The van der Waals surface area contributed by atoms with Crippen molar-refractivity contribution in [1.82, 2.24) is 5.32 Å². The molecule has 0 bridgehead atoms. The lowest BCUT2D eigenvalue weighted by molar-refractivity contribution is -0.0311. The van der Waals surface area contributed by atoms with Crippen molar-refractivity contribution in [2.75, 3.05) is 26.9 Å². The number of halogens is 1. The van der Waals surface area contributed by atoms with Crippen molar-refractivity contribution in [3.05, 3.63) is 34.9 Å². The third kappa shape index (κ3) is 7.50. The fraction of sp³-hybridized carbons (Fsp3) is 0.571. The number of aliphatic hydroxyl groups excluding tert-OH is 1. The van der Waals surface area contributed by atoms with Crippen LogP contribution < -0.4 is 5.32 Å². The molecule has 108 valence electrons. The molecule has 0 saturated heterocycles. The van der Waals surface area contributed by atoms with Gasteiger partial charge in [0.05, 0.1) is 25.4 Å². The molecule has 0 amide bonds. The van der Waals surface area contributed by atoms with E-state index in [4.69, 9.17) is 21.1 Å². The number of nitrogens with one attached hydrogen (secondary N) is 1. The van der Waals surface area contributed by atoms with Crippen molar-refractivity contribution in [3.8, 4) is 0 Å². The highest BCUT2D eigenvalue weighted by Crippen LogP contribution is 2.10. The zero-order valence-electron chi connectivity index (χ0n) is 11.4. The predicted octanol–water partition coefficient (Wildman–Crippen LogP) is 1.84. The number of methoxy groups -OCH3 is 1. The smallest absolute Gasteiger partial charge is 0.0897 e. The summed E-state index contributed by atoms with van der Waals surface area (Å²) in [6.07, 6.45) is -0.536. The summed E-state index contributed by atoms with van der Waals surface area (Å²) >= 11 is 5.89. The van der Waals surface area contributed by atoms with Gasteiger partial charge in [-0.3, -0.25) is 0 Å². The van der Waals surface area contributed by atoms with Crippen LogP contribution >= 0.6 is 11.6 Å². The molecule has 0 heterocycles. The van der Waals surface area contributed by atoms with Crippen LogP contribution in [0.25, 0.3) is 0 Å². The summed E-state index contributed by atoms with van der Waals surface area (Å²) in [6, 6.07) is 7.64. The van der Waals surface area contributed by atoms with E-state index in [0.717, 1.165) is 10.6 Å². The largest absolute Gasteiger partial charge is 0.389 e. The average molecular weight is 288 g/mol. The minimum absolute atomic E-state index is 0.00687. The van der Waals surface area contributed by atoms with E-state index in [1.165, 1.54) is 0 Å². The van der Waals surface area contributed by atoms with Crippen LogP contribution in [0.5, 0.6) is 0 Å². The number of hydrogen-bond donors (Lipinski definition) is 2. The van der Waals surface area contributed by atoms with Gasteiger partial charge in [-0.25, -0.2) is 0 Å². The number of aliphatic hydroxyl groups is 1. The van der Waals surface area contributed by atoms with Gasteiger partial charge in [-0.2, -0.15) is 0 Å². The number of rotatable bonds is 9. The molecule has 1 rings (SSSR count). The van der Waals surface area contributed by atoms with E-state index in [-0.39, 0.29) is 6.10 Å². The van der Waals surface area contributed by atoms with Gasteiger partial charge in [0.15, 0.2) is 0 Å². The Balaban J connectivity index is 2.15. The van der Waals surface area contributed by atoms with E-state index >= 15 is 0 Å². The molecule has 2 unspecified atom stereocenters. The molecule has 5 heteroatoms. The Morgan fingerprint density at radius 2 is 2.16 bits per heavy atom. The SMILES string of the molecule is COCC(C)OCC(O)CNCc1cccc(Cl)c1. The molecule has 0 aliphatic heterocycles. The quantitative estimate of drug-likeness (QED) is 0.728. The van der Waals surface area contributed by atoms with Gasteiger partial charge < -0.3 is 19.9 Å². The highest BCUT2D eigenvalue weighted by Gasteiger charge is 2.07. The molecule has 0 spiro atoms. The average Bonchev–Trinajstić information content (AvgIpc) is 2.37. The molecule has 2 atom stereocenters. The maximum Gasteiger partial charge on any atom is 0.0897 e. The van der Waals surface area contributed by atoms with E-state index in [9.17, 15) is 5.11 Å². The van der Waals surface area contributed by atoms with Gasteiger partial charge in [0, 0.05) is 25.2 Å². The maximum atomic E-state index is 9.74. The molecule has 0 radical (unpaired) electrons. The van der Waals surface area contributed by atoms with E-state index in [1.807, 2.05) is 31.2 Å². The van der Waals surface area contributed by atoms with Crippen molar-refractivity contribution >= 4 is 11.6 Å². The Morgan fingerprint density at radius 3 is 2.84 bits per heavy atom. The Bertz CT molecular complexity index is 362. The Morgan fingerprint density at radius 1 is 1.37 bits per heavy atom. The molecule has 4 nitrogen and oxygen atoms in total. The van der Waals surface area contributed by atoms with Crippen molar-refractivity contribution in [2.45, 2.75) is 25.7 Å². The van der Waals surface area contributed by atoms with Gasteiger partial charge >= 0.3 is 0 Å². The van der Waals surface area contributed by atoms with Crippen molar-refractivity contribution in [2.24, 2.45) is 0 Å². The lowest BCUT2D eigenvalue weighted by atomic mass is 10.2. The summed E-state index contributed by atoms with van der Waals surface area (Å²) in [5.74, 6) is 0. The fourth-order valence-corrected chi connectivity index (χ4v) is 1.86. The topological polar surface area (TPSA) is 50.7 Å². The molecule has 0 saturated carbocycles. The fourth-order valence-electron chi connectivity index (χ4n) is 1.65. The zero-order valence-corrected chi connectivity index (χ0v) is 12.2. The van der Waals surface area contributed by atoms with Crippen LogP contribution in [0.2, 0.25) is 5.02 Å². The molecule has 0 aliphatic carbocycles. The van der Waals surface area contributed by atoms with Crippen LogP contribution in [0, 0.1) is 0 Å². The van der Waals surface area contributed by atoms with E-state index in [0.29, 0.717) is 26.3 Å². The lowest BCUT2D eigenvalue weighted by Crippen LogP contribution is -2.32. The van der Waals surface area contributed by atoms with Crippen LogP contribution in [0.3, 0.4) is 0 Å². The standard InChI is InChI=1S/C14H22ClNO3/c1-11(9-18-2)19-10-14(17)8-16-7-12-4-3-5-13(15)6-12/h3-6,11,14,16-17H,7-10H2,1-2H3. The van der Waals surface area contributed by atoms with Gasteiger partial charge in [0.25, 0.3) is 0 Å². The minimum Gasteiger partial charge on any atom is -0.389 e. The van der Waals surface area contributed by atoms with Crippen LogP contribution in [-0.4, -0.2) is 44.2 Å². The second kappa shape index (κ2) is 9.28. The second-order valence-corrected chi connectivity index (χ2v) is 4.95.